The van der Waals surface area contributed by atoms with Crippen molar-refractivity contribution in [2.75, 3.05) is 0 Å². The van der Waals surface area contributed by atoms with Gasteiger partial charge in [-0.25, -0.2) is 0 Å². The van der Waals surface area contributed by atoms with E-state index in [1.807, 2.05) is 0 Å². The summed E-state index contributed by atoms with van der Waals surface area (Å²) in [7, 11) is 1.20. The molecule has 0 fully saturated rings. The monoisotopic (exact) mass is 592 g/mol. The summed E-state index contributed by atoms with van der Waals surface area (Å²) in [5.74, 6) is 0. The van der Waals surface area contributed by atoms with Crippen molar-refractivity contribution in [2.24, 2.45) is 0 Å². The molecular weight excluding hydrogens is 567 g/mol. The number of hydrogen-bond donors (Lipinski definition) is 0. The van der Waals surface area contributed by atoms with Crippen molar-refractivity contribution in [3.8, 4) is 0 Å². The third-order valence-corrected chi connectivity index (χ3v) is 5.02. The largest absolute Gasteiger partial charge is 4.00 e. The van der Waals surface area contributed by atoms with Crippen molar-refractivity contribution >= 4 is 31.1 Å². The molecule has 4 rings (SSSR count). The Bertz CT molecular complexity index is 756. The average Bonchev–Trinajstić information content (AvgIpc) is 3.17. The Hall–Kier alpha value is -0.280. The molecule has 4 aromatic rings. The Balaban J connectivity index is 0. The average molecular weight is 596 g/mol. The zero-order valence-corrected chi connectivity index (χ0v) is 23.7. The van der Waals surface area contributed by atoms with Gasteiger partial charge in [-0.05, 0) is 0 Å². The topological polar surface area (TPSA) is 0 Å². The van der Waals surface area contributed by atoms with E-state index in [-0.39, 0.29) is 60.2 Å². The van der Waals surface area contributed by atoms with Crippen LogP contribution in [0.3, 0.4) is 0 Å². The van der Waals surface area contributed by atoms with Crippen LogP contribution in [0.2, 0.25) is 12.1 Å². The fourth-order valence-electron chi connectivity index (χ4n) is 2.86. The van der Waals surface area contributed by atoms with Gasteiger partial charge in [-0.2, -0.15) is 12.1 Å². The van der Waals surface area contributed by atoms with Crippen LogP contribution >= 0.6 is 0 Å². The number of hydrogen-bond acceptors (Lipinski definition) is 0. The van der Waals surface area contributed by atoms with Crippen molar-refractivity contribution in [3.63, 3.8) is 0 Å². The van der Waals surface area contributed by atoms with Crippen LogP contribution in [0.4, 0.5) is 0 Å². The Morgan fingerprint density at radius 1 is 0.679 bits per heavy atom. The molecule has 0 saturated carbocycles. The first-order valence-corrected chi connectivity index (χ1v) is 10.5. The van der Waals surface area contributed by atoms with Gasteiger partial charge in [0.2, 0.25) is 0 Å². The normalized spacial score (nSPS) is 9.00. The molecule has 2 radical (unpaired) electrons. The van der Waals surface area contributed by atoms with Crippen LogP contribution in [-0.2, 0) is 26.2 Å². The summed E-state index contributed by atoms with van der Waals surface area (Å²) in [6.07, 6.45) is 0. The Morgan fingerprint density at radius 3 is 1.32 bits per heavy atom. The summed E-state index contributed by atoms with van der Waals surface area (Å²) in [5, 5.41) is 5.39. The second kappa shape index (κ2) is 16.5. The van der Waals surface area contributed by atoms with E-state index in [4.69, 9.17) is 0 Å². The second-order valence-corrected chi connectivity index (χ2v) is 8.19. The van der Waals surface area contributed by atoms with E-state index in [2.05, 4.69) is 100 Å². The quantitative estimate of drug-likeness (QED) is 0.242. The van der Waals surface area contributed by atoms with Crippen molar-refractivity contribution in [1.29, 1.82) is 0 Å². The van der Waals surface area contributed by atoms with Crippen molar-refractivity contribution < 1.29 is 60.2 Å². The number of halogens is 2. The molecule has 0 nitrogen and oxygen atoms in total. The van der Waals surface area contributed by atoms with Crippen molar-refractivity contribution in [1.82, 2.24) is 0 Å². The summed E-state index contributed by atoms with van der Waals surface area (Å²) in [6.45, 7) is 8.70. The van der Waals surface area contributed by atoms with Crippen LogP contribution in [0.25, 0.3) is 21.5 Å². The van der Waals surface area contributed by atoms with E-state index in [0.717, 1.165) is 0 Å². The molecule has 0 spiro atoms. The summed E-state index contributed by atoms with van der Waals surface area (Å²) in [4.78, 5) is 0. The van der Waals surface area contributed by atoms with Gasteiger partial charge in [0.05, 0.1) is 0 Å². The van der Waals surface area contributed by atoms with E-state index in [1.54, 1.807) is 0 Å². The molecule has 146 valence electrons. The molecule has 0 unspecified atom stereocenters. The number of fused-ring (bicyclic) bond motifs is 2. The third-order valence-electron chi connectivity index (χ3n) is 4.02. The summed E-state index contributed by atoms with van der Waals surface area (Å²) in [6, 6.07) is 28.4. The maximum Gasteiger partial charge on any atom is 4.00 e. The molecule has 4 aromatic carbocycles. The zero-order valence-electron chi connectivity index (χ0n) is 17.1. The van der Waals surface area contributed by atoms with Crippen LogP contribution < -0.4 is 34.0 Å². The van der Waals surface area contributed by atoms with E-state index < -0.39 is 0 Å². The standard InChI is InChI=1S/2C10H9.C4H10Si.2BrH.Zr/c2*1-8-6-9-4-2-3-5-10(9)7-8;1-3-5-4-2;;;/h2*2-7H,1H3;3-4H2,1-2H3;2*1H;/q2*-1;;;;+4/p-2. The second-order valence-electron chi connectivity index (χ2n) is 6.28. The smallest absolute Gasteiger partial charge is 1.00 e. The van der Waals surface area contributed by atoms with Crippen molar-refractivity contribution in [2.45, 2.75) is 39.8 Å². The van der Waals surface area contributed by atoms with Crippen LogP contribution in [0.1, 0.15) is 25.0 Å². The zero-order chi connectivity index (χ0) is 18.1. The van der Waals surface area contributed by atoms with Gasteiger partial charge >= 0.3 is 26.2 Å². The number of aryl methyl sites for hydroxylation is 2. The first-order chi connectivity index (χ1) is 12.1. The molecule has 0 saturated heterocycles. The van der Waals surface area contributed by atoms with Crippen LogP contribution in [0, 0.1) is 13.8 Å². The fourth-order valence-corrected chi connectivity index (χ4v) is 3.36. The van der Waals surface area contributed by atoms with Crippen molar-refractivity contribution in [3.05, 3.63) is 83.9 Å². The maximum atomic E-state index is 2.22. The van der Waals surface area contributed by atoms with Gasteiger partial charge in [0.15, 0.2) is 0 Å². The Morgan fingerprint density at radius 2 is 1.04 bits per heavy atom. The predicted octanol–water partition coefficient (Wildman–Crippen LogP) is 1.31. The molecule has 0 bridgehead atoms. The minimum Gasteiger partial charge on any atom is -1.00 e. The molecule has 0 heterocycles. The minimum atomic E-state index is 0. The number of benzene rings is 2. The van der Waals surface area contributed by atoms with Gasteiger partial charge in [0.25, 0.3) is 0 Å². The van der Waals surface area contributed by atoms with Gasteiger partial charge in [-0.1, -0.05) is 51.9 Å². The van der Waals surface area contributed by atoms with Crippen LogP contribution in [-0.4, -0.2) is 9.52 Å². The van der Waals surface area contributed by atoms with E-state index in [9.17, 15) is 0 Å². The molecular formula is C24H28Br2SiZr. The van der Waals surface area contributed by atoms with Gasteiger partial charge in [-0.3, -0.25) is 0 Å². The summed E-state index contributed by atoms with van der Waals surface area (Å²) >= 11 is 0. The van der Waals surface area contributed by atoms with Gasteiger partial charge < -0.3 is 34.0 Å². The van der Waals surface area contributed by atoms with Gasteiger partial charge in [-0.15, -0.1) is 81.2 Å². The fraction of sp³-hybridized carbons (Fsp3) is 0.250. The first-order valence-electron chi connectivity index (χ1n) is 9.09. The van der Waals surface area contributed by atoms with E-state index >= 15 is 0 Å². The predicted molar refractivity (Wildman–Crippen MR) is 115 cm³/mol. The van der Waals surface area contributed by atoms with E-state index in [1.165, 1.54) is 54.3 Å². The minimum absolute atomic E-state index is 0. The molecule has 28 heavy (non-hydrogen) atoms. The third kappa shape index (κ3) is 9.96. The number of rotatable bonds is 2. The molecule has 4 heteroatoms. The molecule has 0 amide bonds. The summed E-state index contributed by atoms with van der Waals surface area (Å²) < 4.78 is 0. The summed E-state index contributed by atoms with van der Waals surface area (Å²) in [5.41, 5.74) is 2.70. The molecule has 0 aromatic heterocycles. The molecule has 0 atom stereocenters. The van der Waals surface area contributed by atoms with E-state index in [0.29, 0.717) is 0 Å². The molecule has 0 aliphatic heterocycles. The van der Waals surface area contributed by atoms with Crippen LogP contribution in [0.15, 0.2) is 72.8 Å². The Kier molecular flexibility index (Phi) is 17.6. The molecule has 0 aliphatic carbocycles. The van der Waals surface area contributed by atoms with Gasteiger partial charge in [0.1, 0.15) is 0 Å². The van der Waals surface area contributed by atoms with Crippen LogP contribution in [0.5, 0.6) is 0 Å². The molecule has 0 N–H and O–H groups in total. The van der Waals surface area contributed by atoms with Gasteiger partial charge in [0, 0.05) is 9.52 Å². The Labute approximate surface area is 213 Å². The maximum absolute atomic E-state index is 2.22. The molecule has 0 aliphatic rings. The SMILES string of the molecule is CC[Si]CC.Cc1cc2ccccc2[cH-]1.Cc1cc2ccccc2[cH-]1.[Br-].[Br-].[Zr+4]. The first kappa shape index (κ1) is 29.9.